The number of hydrogen-bond donors (Lipinski definition) is 0. The first-order chi connectivity index (χ1) is 13.8. The van der Waals surface area contributed by atoms with Gasteiger partial charge in [0.2, 0.25) is 0 Å². The third-order valence-electron chi connectivity index (χ3n) is 6.42. The molecule has 2 aromatic carbocycles. The summed E-state index contributed by atoms with van der Waals surface area (Å²) in [5.41, 5.74) is 6.64. The second-order valence-electron chi connectivity index (χ2n) is 7.84. The van der Waals surface area contributed by atoms with E-state index >= 15 is 0 Å². The van der Waals surface area contributed by atoms with E-state index in [9.17, 15) is 0 Å². The summed E-state index contributed by atoms with van der Waals surface area (Å²) >= 11 is 6.32. The third kappa shape index (κ3) is 2.12. The van der Waals surface area contributed by atoms with Crippen LogP contribution < -0.4 is 0 Å². The molecule has 2 heterocycles. The Kier molecular flexibility index (Phi) is 3.36. The molecule has 1 spiro atoms. The Morgan fingerprint density at radius 2 is 1.79 bits per heavy atom. The van der Waals surface area contributed by atoms with Gasteiger partial charge in [-0.25, -0.2) is 4.98 Å². The fourth-order valence-electron chi connectivity index (χ4n) is 5.00. The van der Waals surface area contributed by atoms with Crippen molar-refractivity contribution >= 4 is 34.2 Å². The molecule has 1 fully saturated rings. The highest BCUT2D eigenvalue weighted by Crippen LogP contribution is 2.58. The first kappa shape index (κ1) is 16.1. The molecule has 0 aliphatic heterocycles. The summed E-state index contributed by atoms with van der Waals surface area (Å²) in [5.74, 6) is 0.961. The molecule has 1 saturated carbocycles. The maximum atomic E-state index is 6.32. The van der Waals surface area contributed by atoms with E-state index in [2.05, 4.69) is 70.2 Å². The zero-order chi connectivity index (χ0) is 18.7. The third-order valence-corrected chi connectivity index (χ3v) is 6.65. The van der Waals surface area contributed by atoms with Crippen molar-refractivity contribution in [2.45, 2.75) is 24.7 Å². The Morgan fingerprint density at radius 1 is 0.929 bits per heavy atom. The average Bonchev–Trinajstić information content (AvgIpc) is 3.23. The summed E-state index contributed by atoms with van der Waals surface area (Å²) in [5, 5.41) is 2.04. The van der Waals surface area contributed by atoms with E-state index in [0.29, 0.717) is 0 Å². The number of benzene rings is 2. The van der Waals surface area contributed by atoms with Crippen LogP contribution in [0.4, 0.5) is 0 Å². The van der Waals surface area contributed by atoms with Gasteiger partial charge in [0.25, 0.3) is 0 Å². The maximum absolute atomic E-state index is 6.32. The summed E-state index contributed by atoms with van der Waals surface area (Å²) in [6, 6.07) is 23.4. The first-order valence-electron chi connectivity index (χ1n) is 9.81. The number of para-hydroxylation sites is 1. The second-order valence-corrected chi connectivity index (χ2v) is 8.27. The monoisotopic (exact) mass is 382 g/mol. The van der Waals surface area contributed by atoms with Gasteiger partial charge < -0.3 is 0 Å². The van der Waals surface area contributed by atoms with E-state index in [1.54, 1.807) is 0 Å². The smallest absolute Gasteiger partial charge is 0.137 e. The van der Waals surface area contributed by atoms with Crippen LogP contribution in [0.5, 0.6) is 0 Å². The normalized spacial score (nSPS) is 16.8. The number of halogens is 1. The number of rotatable bonds is 2. The Balaban J connectivity index is 1.65. The topological polar surface area (TPSA) is 17.8 Å². The van der Waals surface area contributed by atoms with Crippen molar-refractivity contribution in [3.63, 3.8) is 0 Å². The van der Waals surface area contributed by atoms with Crippen molar-refractivity contribution in [1.29, 1.82) is 0 Å². The molecule has 0 N–H and O–H groups in total. The van der Waals surface area contributed by atoms with Crippen LogP contribution in [0.25, 0.3) is 28.4 Å². The van der Waals surface area contributed by atoms with Crippen LogP contribution in [0.15, 0.2) is 72.9 Å². The molecule has 0 unspecified atom stereocenters. The average molecular weight is 383 g/mol. The number of allylic oxidation sites excluding steroid dienone is 1. The molecule has 0 radical (unpaired) electrons. The molecule has 2 aromatic heterocycles. The molecule has 3 heteroatoms. The van der Waals surface area contributed by atoms with Gasteiger partial charge in [0, 0.05) is 22.0 Å². The van der Waals surface area contributed by atoms with Crippen molar-refractivity contribution in [3.8, 4) is 5.82 Å². The molecule has 6 rings (SSSR count). The van der Waals surface area contributed by atoms with Gasteiger partial charge in [0.15, 0.2) is 0 Å². The van der Waals surface area contributed by atoms with Gasteiger partial charge in [-0.15, -0.1) is 0 Å². The summed E-state index contributed by atoms with van der Waals surface area (Å²) in [6.07, 6.45) is 7.87. The highest BCUT2D eigenvalue weighted by Gasteiger charge is 2.47. The van der Waals surface area contributed by atoms with E-state index in [-0.39, 0.29) is 5.41 Å². The van der Waals surface area contributed by atoms with Crippen LogP contribution in [-0.4, -0.2) is 9.55 Å². The van der Waals surface area contributed by atoms with Gasteiger partial charge in [-0.1, -0.05) is 48.4 Å². The number of aromatic nitrogens is 2. The lowest BCUT2D eigenvalue weighted by Gasteiger charge is -2.42. The van der Waals surface area contributed by atoms with E-state index in [1.165, 1.54) is 52.6 Å². The minimum atomic E-state index is 0.112. The second kappa shape index (κ2) is 5.83. The first-order valence-corrected chi connectivity index (χ1v) is 10.2. The van der Waals surface area contributed by atoms with Crippen molar-refractivity contribution < 1.29 is 0 Å². The zero-order valence-corrected chi connectivity index (χ0v) is 16.2. The molecule has 0 bridgehead atoms. The molecule has 0 amide bonds. The standard InChI is InChI=1S/C25H19ClN2/c26-19-9-10-20-18(14-19)15-21(25(20)11-5-12-25)23-16-17-6-1-2-7-22(17)28(23)24-8-3-4-13-27-24/h1-4,6-10,13-16H,5,11-12H2. The van der Waals surface area contributed by atoms with Crippen molar-refractivity contribution in [3.05, 3.63) is 94.8 Å². The van der Waals surface area contributed by atoms with Crippen LogP contribution in [0, 0.1) is 0 Å². The van der Waals surface area contributed by atoms with Gasteiger partial charge in [-0.3, -0.25) is 4.57 Å². The van der Waals surface area contributed by atoms with Gasteiger partial charge in [-0.2, -0.15) is 0 Å². The largest absolute Gasteiger partial charge is 0.294 e. The predicted molar refractivity (Wildman–Crippen MR) is 116 cm³/mol. The van der Waals surface area contributed by atoms with E-state index in [1.807, 2.05) is 18.3 Å². The van der Waals surface area contributed by atoms with Crippen LogP contribution in [0.3, 0.4) is 0 Å². The van der Waals surface area contributed by atoms with Crippen LogP contribution in [0.1, 0.15) is 36.1 Å². The van der Waals surface area contributed by atoms with Gasteiger partial charge in [0.1, 0.15) is 5.82 Å². The minimum Gasteiger partial charge on any atom is -0.294 e. The molecule has 2 aliphatic rings. The van der Waals surface area contributed by atoms with Gasteiger partial charge in [0.05, 0.1) is 11.2 Å². The molecule has 2 nitrogen and oxygen atoms in total. The van der Waals surface area contributed by atoms with E-state index in [4.69, 9.17) is 11.6 Å². The quantitative estimate of drug-likeness (QED) is 0.379. The minimum absolute atomic E-state index is 0.112. The molecule has 0 atom stereocenters. The highest BCUT2D eigenvalue weighted by molar-refractivity contribution is 6.30. The highest BCUT2D eigenvalue weighted by atomic mass is 35.5. The molecular formula is C25H19ClN2. The number of hydrogen-bond acceptors (Lipinski definition) is 1. The van der Waals surface area contributed by atoms with Gasteiger partial charge >= 0.3 is 0 Å². The Morgan fingerprint density at radius 3 is 2.57 bits per heavy atom. The van der Waals surface area contributed by atoms with Gasteiger partial charge in [-0.05, 0) is 72.0 Å². The fraction of sp³-hybridized carbons (Fsp3) is 0.160. The number of pyridine rings is 1. The van der Waals surface area contributed by atoms with Crippen LogP contribution >= 0.6 is 11.6 Å². The summed E-state index contributed by atoms with van der Waals surface area (Å²) in [6.45, 7) is 0. The lowest BCUT2D eigenvalue weighted by atomic mass is 9.61. The van der Waals surface area contributed by atoms with Crippen molar-refractivity contribution in [1.82, 2.24) is 9.55 Å². The van der Waals surface area contributed by atoms with Crippen molar-refractivity contribution in [2.24, 2.45) is 0 Å². The SMILES string of the molecule is Clc1ccc2c(c1)C=C(c1cc3ccccc3n1-c1ccccn1)C21CCC1. The fourth-order valence-corrected chi connectivity index (χ4v) is 5.18. The Bertz CT molecular complexity index is 1250. The molecule has 2 aliphatic carbocycles. The molecular weight excluding hydrogens is 364 g/mol. The van der Waals surface area contributed by atoms with Crippen molar-refractivity contribution in [2.75, 3.05) is 0 Å². The molecule has 4 aromatic rings. The van der Waals surface area contributed by atoms with E-state index < -0.39 is 0 Å². The lowest BCUT2D eigenvalue weighted by Crippen LogP contribution is -2.34. The van der Waals surface area contributed by atoms with E-state index in [0.717, 1.165) is 10.8 Å². The Labute approximate surface area is 169 Å². The number of nitrogens with zero attached hydrogens (tertiary/aromatic N) is 2. The Hall–Kier alpha value is -2.84. The molecule has 28 heavy (non-hydrogen) atoms. The maximum Gasteiger partial charge on any atom is 0.137 e. The lowest BCUT2D eigenvalue weighted by molar-refractivity contribution is 0.331. The predicted octanol–water partition coefficient (Wildman–Crippen LogP) is 6.65. The molecule has 0 saturated heterocycles. The summed E-state index contributed by atoms with van der Waals surface area (Å²) in [4.78, 5) is 4.67. The molecule has 136 valence electrons. The van der Waals surface area contributed by atoms with Crippen LogP contribution in [-0.2, 0) is 5.41 Å². The summed E-state index contributed by atoms with van der Waals surface area (Å²) < 4.78 is 2.31. The zero-order valence-electron chi connectivity index (χ0n) is 15.4. The van der Waals surface area contributed by atoms with Crippen LogP contribution in [0.2, 0.25) is 5.02 Å². The number of fused-ring (bicyclic) bond motifs is 3. The summed E-state index contributed by atoms with van der Waals surface area (Å²) in [7, 11) is 0.